The summed E-state index contributed by atoms with van der Waals surface area (Å²) in [6.07, 6.45) is 2.56. The summed E-state index contributed by atoms with van der Waals surface area (Å²) in [6.45, 7) is 6.97. The molecule has 154 valence electrons. The number of likely N-dealkylation sites (N-methyl/N-ethyl adjacent to an activating group) is 1. The average molecular weight is 506 g/mol. The number of benzene rings is 1. The fourth-order valence-corrected chi connectivity index (χ4v) is 4.39. The summed E-state index contributed by atoms with van der Waals surface area (Å²) in [7, 11) is 5.91. The van der Waals surface area contributed by atoms with Crippen molar-refractivity contribution in [3.8, 4) is 5.75 Å². The second-order valence-electron chi connectivity index (χ2n) is 7.23. The highest BCUT2D eigenvalue weighted by molar-refractivity contribution is 14.0. The molecule has 2 N–H and O–H groups in total. The van der Waals surface area contributed by atoms with Crippen LogP contribution in [0.1, 0.15) is 38.3 Å². The van der Waals surface area contributed by atoms with Gasteiger partial charge in [-0.1, -0.05) is 12.1 Å². The second-order valence-corrected chi connectivity index (χ2v) is 8.91. The number of hydrogen-bond donors (Lipinski definition) is 2. The number of thioether (sulfide) groups is 1. The molecule has 1 saturated heterocycles. The molecule has 2 unspecified atom stereocenters. The molecule has 1 fully saturated rings. The minimum absolute atomic E-state index is 0. The lowest BCUT2D eigenvalue weighted by atomic mass is 10.1. The molecule has 1 heterocycles. The third-order valence-electron chi connectivity index (χ3n) is 4.80. The summed E-state index contributed by atoms with van der Waals surface area (Å²) in [6, 6.07) is 8.56. The smallest absolute Gasteiger partial charge is 0.191 e. The lowest BCUT2D eigenvalue weighted by Gasteiger charge is -2.27. The molecule has 1 aliphatic heterocycles. The molecule has 2 atom stereocenters. The topological polar surface area (TPSA) is 48.9 Å². The Balaban J connectivity index is 0.00000364. The van der Waals surface area contributed by atoms with Crippen LogP contribution in [-0.4, -0.2) is 62.2 Å². The number of nitrogens with one attached hydrogen (secondary N) is 2. The fourth-order valence-electron chi connectivity index (χ4n) is 3.17. The zero-order valence-corrected chi connectivity index (χ0v) is 20.4. The highest BCUT2D eigenvalue weighted by Crippen LogP contribution is 2.37. The van der Waals surface area contributed by atoms with Gasteiger partial charge in [0.05, 0.1) is 19.7 Å². The summed E-state index contributed by atoms with van der Waals surface area (Å²) in [5.41, 5.74) is 1.26. The van der Waals surface area contributed by atoms with Gasteiger partial charge >= 0.3 is 0 Å². The molecule has 0 aromatic heterocycles. The first-order valence-electron chi connectivity index (χ1n) is 9.44. The molecule has 27 heavy (non-hydrogen) atoms. The predicted octanol–water partition coefficient (Wildman–Crippen LogP) is 3.76. The lowest BCUT2D eigenvalue weighted by Crippen LogP contribution is -2.42. The van der Waals surface area contributed by atoms with Crippen molar-refractivity contribution in [3.63, 3.8) is 0 Å². The molecule has 0 aliphatic carbocycles. The average Bonchev–Trinajstić information content (AvgIpc) is 3.07. The first kappa shape index (κ1) is 24.4. The number of rotatable bonds is 8. The Morgan fingerprint density at radius 3 is 2.52 bits per heavy atom. The van der Waals surface area contributed by atoms with Gasteiger partial charge in [-0.25, -0.2) is 0 Å². The molecule has 1 aromatic carbocycles. The van der Waals surface area contributed by atoms with Gasteiger partial charge < -0.3 is 20.3 Å². The van der Waals surface area contributed by atoms with Crippen LogP contribution in [0.3, 0.4) is 0 Å². The number of nitrogens with zero attached hydrogens (tertiary/aromatic N) is 2. The van der Waals surface area contributed by atoms with E-state index in [-0.39, 0.29) is 30.0 Å². The Labute approximate surface area is 186 Å². The number of aliphatic imine (C=N–C) groups is 1. The van der Waals surface area contributed by atoms with Gasteiger partial charge in [0.15, 0.2) is 5.96 Å². The molecular formula is C20H35IN4OS. The van der Waals surface area contributed by atoms with Crippen LogP contribution in [0.2, 0.25) is 0 Å². The van der Waals surface area contributed by atoms with Crippen LogP contribution >= 0.6 is 35.7 Å². The molecule has 0 saturated carbocycles. The Kier molecular flexibility index (Phi) is 10.8. The van der Waals surface area contributed by atoms with Crippen molar-refractivity contribution < 1.29 is 4.74 Å². The van der Waals surface area contributed by atoms with Crippen molar-refractivity contribution in [2.75, 3.05) is 46.6 Å². The Morgan fingerprint density at radius 1 is 1.30 bits per heavy atom. The van der Waals surface area contributed by atoms with Crippen LogP contribution in [0.5, 0.6) is 5.75 Å². The van der Waals surface area contributed by atoms with E-state index in [1.807, 2.05) is 12.1 Å². The molecule has 2 rings (SSSR count). The minimum atomic E-state index is 0. The normalized spacial score (nSPS) is 20.9. The van der Waals surface area contributed by atoms with Crippen LogP contribution < -0.4 is 15.4 Å². The van der Waals surface area contributed by atoms with Crippen molar-refractivity contribution in [1.82, 2.24) is 15.5 Å². The van der Waals surface area contributed by atoms with E-state index in [2.05, 4.69) is 67.4 Å². The maximum atomic E-state index is 5.27. The summed E-state index contributed by atoms with van der Waals surface area (Å²) in [5, 5.41) is 6.91. The highest BCUT2D eigenvalue weighted by atomic mass is 127. The van der Waals surface area contributed by atoms with Gasteiger partial charge in [0.1, 0.15) is 5.75 Å². The second kappa shape index (κ2) is 12.0. The van der Waals surface area contributed by atoms with E-state index in [0.29, 0.717) is 4.75 Å². The molecule has 7 heteroatoms. The van der Waals surface area contributed by atoms with Crippen molar-refractivity contribution in [1.29, 1.82) is 0 Å². The molecule has 0 amide bonds. The minimum Gasteiger partial charge on any atom is -0.497 e. The van der Waals surface area contributed by atoms with Gasteiger partial charge in [0, 0.05) is 17.8 Å². The quantitative estimate of drug-likeness (QED) is 0.320. The van der Waals surface area contributed by atoms with Crippen molar-refractivity contribution in [2.45, 2.75) is 37.5 Å². The maximum absolute atomic E-state index is 5.27. The number of guanidine groups is 1. The van der Waals surface area contributed by atoms with Crippen LogP contribution in [0.15, 0.2) is 29.3 Å². The molecule has 0 radical (unpaired) electrons. The number of methoxy groups -OCH3 is 1. The van der Waals surface area contributed by atoms with E-state index < -0.39 is 0 Å². The van der Waals surface area contributed by atoms with Gasteiger partial charge in [-0.15, -0.1) is 24.0 Å². The van der Waals surface area contributed by atoms with E-state index >= 15 is 0 Å². The summed E-state index contributed by atoms with van der Waals surface area (Å²) in [5.74, 6) is 3.05. The predicted molar refractivity (Wildman–Crippen MR) is 129 cm³/mol. The largest absolute Gasteiger partial charge is 0.497 e. The van der Waals surface area contributed by atoms with E-state index in [9.17, 15) is 0 Å². The Bertz CT molecular complexity index is 574. The highest BCUT2D eigenvalue weighted by Gasteiger charge is 2.29. The SMILES string of the molecule is CCNC(=NCC1(C)CCCS1)NCC(c1ccc(OC)cc1)N(C)C.I. The van der Waals surface area contributed by atoms with Gasteiger partial charge in [0.25, 0.3) is 0 Å². The summed E-state index contributed by atoms with van der Waals surface area (Å²) >= 11 is 2.05. The van der Waals surface area contributed by atoms with Crippen molar-refractivity contribution in [2.24, 2.45) is 4.99 Å². The molecule has 1 aromatic rings. The zero-order valence-electron chi connectivity index (χ0n) is 17.2. The number of hydrogen-bond acceptors (Lipinski definition) is 4. The molecule has 1 aliphatic rings. The fraction of sp³-hybridized carbons (Fsp3) is 0.650. The van der Waals surface area contributed by atoms with Crippen molar-refractivity contribution in [3.05, 3.63) is 29.8 Å². The number of halogens is 1. The van der Waals surface area contributed by atoms with Crippen LogP contribution in [0.25, 0.3) is 0 Å². The molecule has 0 bridgehead atoms. The van der Waals surface area contributed by atoms with Gasteiger partial charge in [-0.3, -0.25) is 4.99 Å². The van der Waals surface area contributed by atoms with E-state index in [1.165, 1.54) is 24.2 Å². The monoisotopic (exact) mass is 506 g/mol. The maximum Gasteiger partial charge on any atom is 0.191 e. The Morgan fingerprint density at radius 2 is 2.00 bits per heavy atom. The summed E-state index contributed by atoms with van der Waals surface area (Å²) in [4.78, 5) is 7.08. The van der Waals surface area contributed by atoms with Gasteiger partial charge in [-0.2, -0.15) is 11.8 Å². The Hall–Kier alpha value is -0.670. The molecular weight excluding hydrogens is 471 g/mol. The molecule has 5 nitrogen and oxygen atoms in total. The van der Waals surface area contributed by atoms with Crippen LogP contribution in [0.4, 0.5) is 0 Å². The lowest BCUT2D eigenvalue weighted by molar-refractivity contribution is 0.298. The first-order valence-corrected chi connectivity index (χ1v) is 10.4. The standard InChI is InChI=1S/C20H34N4OS.HI/c1-6-21-19(23-15-20(2)12-7-13-26-20)22-14-18(24(3)4)16-8-10-17(25-5)11-9-16;/h8-11,18H,6-7,12-15H2,1-5H3,(H2,21,22,23);1H. The third kappa shape index (κ3) is 7.69. The van der Waals surface area contributed by atoms with Gasteiger partial charge in [-0.05, 0) is 64.2 Å². The van der Waals surface area contributed by atoms with E-state index in [1.54, 1.807) is 7.11 Å². The first-order chi connectivity index (χ1) is 12.5. The van der Waals surface area contributed by atoms with E-state index in [4.69, 9.17) is 9.73 Å². The molecule has 0 spiro atoms. The third-order valence-corrected chi connectivity index (χ3v) is 6.33. The number of ether oxygens (including phenoxy) is 1. The van der Waals surface area contributed by atoms with Crippen LogP contribution in [-0.2, 0) is 0 Å². The van der Waals surface area contributed by atoms with E-state index in [0.717, 1.165) is 31.3 Å². The summed E-state index contributed by atoms with van der Waals surface area (Å²) < 4.78 is 5.56. The van der Waals surface area contributed by atoms with Gasteiger partial charge in [0.2, 0.25) is 0 Å². The zero-order chi connectivity index (χ0) is 19.0. The van der Waals surface area contributed by atoms with Crippen molar-refractivity contribution >= 4 is 41.7 Å². The van der Waals surface area contributed by atoms with Crippen LogP contribution in [0, 0.1) is 0 Å².